The fourth-order valence-corrected chi connectivity index (χ4v) is 5.98. The van der Waals surface area contributed by atoms with E-state index in [2.05, 4.69) is 60.3 Å². The van der Waals surface area contributed by atoms with Crippen molar-refractivity contribution in [2.75, 3.05) is 20.3 Å². The molecule has 0 saturated heterocycles. The van der Waals surface area contributed by atoms with Crippen molar-refractivity contribution in [3.63, 3.8) is 0 Å². The van der Waals surface area contributed by atoms with Gasteiger partial charge in [0.25, 0.3) is 0 Å². The summed E-state index contributed by atoms with van der Waals surface area (Å²) >= 11 is 0. The number of hydrogen-bond donors (Lipinski definition) is 1. The van der Waals surface area contributed by atoms with Crippen LogP contribution in [-0.4, -0.2) is 41.1 Å². The third-order valence-electron chi connectivity index (χ3n) is 8.10. The lowest BCUT2D eigenvalue weighted by Crippen LogP contribution is -2.35. The highest BCUT2D eigenvalue weighted by atomic mass is 16.5. The molecule has 3 aromatic rings. The van der Waals surface area contributed by atoms with Crippen LogP contribution in [0.1, 0.15) is 106 Å². The monoisotopic (exact) mass is 542 g/mol. The zero-order valence-electron chi connectivity index (χ0n) is 24.8. The van der Waals surface area contributed by atoms with Crippen LogP contribution < -0.4 is 5.32 Å². The molecule has 0 spiro atoms. The van der Waals surface area contributed by atoms with E-state index in [1.165, 1.54) is 29.5 Å². The molecule has 4 rings (SSSR count). The van der Waals surface area contributed by atoms with E-state index < -0.39 is 0 Å². The first kappa shape index (κ1) is 29.9. The summed E-state index contributed by atoms with van der Waals surface area (Å²) in [5.41, 5.74) is 8.15. The number of fused-ring (bicyclic) bond motifs is 1. The quantitative estimate of drug-likeness (QED) is 0.203. The molecule has 1 amide bonds. The number of pyridine rings is 3. The number of hydrogen-bond acceptors (Lipinski definition) is 5. The Morgan fingerprint density at radius 3 is 2.73 bits per heavy atom. The van der Waals surface area contributed by atoms with Gasteiger partial charge in [-0.05, 0) is 98.8 Å². The highest BCUT2D eigenvalue weighted by Gasteiger charge is 2.33. The molecule has 3 aromatic heterocycles. The third kappa shape index (κ3) is 8.20. The smallest absolute Gasteiger partial charge is 0.220 e. The topological polar surface area (TPSA) is 77.0 Å². The molecule has 0 bridgehead atoms. The van der Waals surface area contributed by atoms with Crippen molar-refractivity contribution in [3.05, 3.63) is 70.8 Å². The Kier molecular flexibility index (Phi) is 11.2. The van der Waals surface area contributed by atoms with Gasteiger partial charge in [-0.2, -0.15) is 0 Å². The zero-order chi connectivity index (χ0) is 28.3. The van der Waals surface area contributed by atoms with Gasteiger partial charge in [-0.1, -0.05) is 32.3 Å². The fraction of sp³-hybridized carbons (Fsp3) is 0.529. The summed E-state index contributed by atoms with van der Waals surface area (Å²) in [6.07, 6.45) is 16.2. The Morgan fingerprint density at radius 1 is 1.12 bits per heavy atom. The number of carbonyl (C=O) groups is 1. The summed E-state index contributed by atoms with van der Waals surface area (Å²) in [6.45, 7) is 8.16. The van der Waals surface area contributed by atoms with Crippen LogP contribution in [0.3, 0.4) is 0 Å². The Balaban J connectivity index is 1.35. The molecule has 6 heteroatoms. The SMILES string of the molecule is CC/C=C(\C)c1c(C2CC(CNC(=O)CCCCCCCOC)C2)cc(Cc2cnc3ncccc3c2)nc1C. The summed E-state index contributed by atoms with van der Waals surface area (Å²) in [5, 5.41) is 4.26. The minimum atomic E-state index is 0.198. The highest BCUT2D eigenvalue weighted by molar-refractivity contribution is 5.76. The standard InChI is InChI=1S/C34H46N4O2/c1-5-12-24(2)33-25(3)38-30(20-27-17-28-13-11-15-35-34(28)37-23-27)21-31(33)29-18-26(19-29)22-36-32(39)14-9-7-6-8-10-16-40-4/h11-13,15,17,21,23,26,29H,5-10,14,16,18-20,22H2,1-4H3,(H,36,39)/b24-12+. The first-order valence-electron chi connectivity index (χ1n) is 15.1. The number of aryl methyl sites for hydroxylation is 1. The molecule has 3 heterocycles. The number of allylic oxidation sites excluding steroid dienone is 2. The Bertz CT molecular complexity index is 1300. The molecule has 6 nitrogen and oxygen atoms in total. The predicted molar refractivity (Wildman–Crippen MR) is 163 cm³/mol. The zero-order valence-corrected chi connectivity index (χ0v) is 24.8. The number of carbonyl (C=O) groups excluding carboxylic acids is 1. The van der Waals surface area contributed by atoms with Crippen LogP contribution >= 0.6 is 0 Å². The number of aromatic nitrogens is 3. The van der Waals surface area contributed by atoms with E-state index in [0.717, 1.165) is 86.1 Å². The molecule has 1 aliphatic rings. The van der Waals surface area contributed by atoms with Crippen LogP contribution in [0.15, 0.2) is 42.7 Å². The van der Waals surface area contributed by atoms with Gasteiger partial charge in [0.05, 0.1) is 0 Å². The molecule has 0 atom stereocenters. The largest absolute Gasteiger partial charge is 0.385 e. The molecule has 0 unspecified atom stereocenters. The number of methoxy groups -OCH3 is 1. The summed E-state index contributed by atoms with van der Waals surface area (Å²) in [7, 11) is 1.75. The molecule has 0 radical (unpaired) electrons. The normalized spacial score (nSPS) is 17.1. The average molecular weight is 543 g/mol. The molecule has 1 N–H and O–H groups in total. The van der Waals surface area contributed by atoms with E-state index in [-0.39, 0.29) is 5.91 Å². The summed E-state index contributed by atoms with van der Waals surface area (Å²) in [5.74, 6) is 1.24. The lowest BCUT2D eigenvalue weighted by atomic mass is 9.69. The van der Waals surface area contributed by atoms with Crippen LogP contribution in [0, 0.1) is 12.8 Å². The fourth-order valence-electron chi connectivity index (χ4n) is 5.98. The van der Waals surface area contributed by atoms with Crippen LogP contribution in [0.4, 0.5) is 0 Å². The van der Waals surface area contributed by atoms with Gasteiger partial charge >= 0.3 is 0 Å². The first-order valence-corrected chi connectivity index (χ1v) is 15.1. The molecule has 0 aliphatic heterocycles. The van der Waals surface area contributed by atoms with E-state index in [9.17, 15) is 4.79 Å². The third-order valence-corrected chi connectivity index (χ3v) is 8.10. The minimum Gasteiger partial charge on any atom is -0.385 e. The lowest BCUT2D eigenvalue weighted by Gasteiger charge is -2.37. The van der Waals surface area contributed by atoms with Crippen molar-refractivity contribution < 1.29 is 9.53 Å². The molecule has 1 saturated carbocycles. The van der Waals surface area contributed by atoms with E-state index in [0.29, 0.717) is 18.3 Å². The van der Waals surface area contributed by atoms with Crippen LogP contribution in [-0.2, 0) is 16.0 Å². The minimum absolute atomic E-state index is 0.198. The molecular weight excluding hydrogens is 496 g/mol. The van der Waals surface area contributed by atoms with Crippen molar-refractivity contribution in [1.29, 1.82) is 0 Å². The van der Waals surface area contributed by atoms with Crippen molar-refractivity contribution in [3.8, 4) is 0 Å². The second-order valence-electron chi connectivity index (χ2n) is 11.4. The lowest BCUT2D eigenvalue weighted by molar-refractivity contribution is -0.121. The van der Waals surface area contributed by atoms with Gasteiger partial charge in [-0.25, -0.2) is 9.97 Å². The predicted octanol–water partition coefficient (Wildman–Crippen LogP) is 7.33. The molecule has 1 aliphatic carbocycles. The van der Waals surface area contributed by atoms with Crippen molar-refractivity contribution in [2.24, 2.45) is 5.92 Å². The molecular formula is C34H46N4O2. The van der Waals surface area contributed by atoms with E-state index in [1.54, 1.807) is 13.3 Å². The second-order valence-corrected chi connectivity index (χ2v) is 11.4. The van der Waals surface area contributed by atoms with Gasteiger partial charge in [0, 0.05) is 67.8 Å². The molecule has 214 valence electrons. The van der Waals surface area contributed by atoms with Crippen LogP contribution in [0.5, 0.6) is 0 Å². The van der Waals surface area contributed by atoms with Gasteiger partial charge in [0.1, 0.15) is 0 Å². The number of ether oxygens (including phenoxy) is 1. The maximum atomic E-state index is 12.4. The number of nitrogens with zero attached hydrogens (tertiary/aromatic N) is 3. The van der Waals surface area contributed by atoms with Crippen LogP contribution in [0.25, 0.3) is 16.6 Å². The highest BCUT2D eigenvalue weighted by Crippen LogP contribution is 2.44. The number of amides is 1. The Morgan fingerprint density at radius 2 is 1.93 bits per heavy atom. The summed E-state index contributed by atoms with van der Waals surface area (Å²) < 4.78 is 5.10. The van der Waals surface area contributed by atoms with Crippen molar-refractivity contribution in [1.82, 2.24) is 20.3 Å². The Labute approximate surface area is 240 Å². The van der Waals surface area contributed by atoms with Gasteiger partial charge < -0.3 is 10.1 Å². The molecule has 40 heavy (non-hydrogen) atoms. The number of rotatable bonds is 15. The van der Waals surface area contributed by atoms with E-state index >= 15 is 0 Å². The van der Waals surface area contributed by atoms with Gasteiger partial charge in [-0.15, -0.1) is 0 Å². The van der Waals surface area contributed by atoms with Crippen molar-refractivity contribution >= 4 is 22.5 Å². The molecule has 0 aromatic carbocycles. The van der Waals surface area contributed by atoms with Gasteiger partial charge in [0.15, 0.2) is 5.65 Å². The van der Waals surface area contributed by atoms with Crippen LogP contribution in [0.2, 0.25) is 0 Å². The maximum Gasteiger partial charge on any atom is 0.220 e. The number of nitrogens with one attached hydrogen (secondary N) is 1. The molecule has 1 fully saturated rings. The van der Waals surface area contributed by atoms with Gasteiger partial charge in [0.2, 0.25) is 5.91 Å². The Hall–Kier alpha value is -3.12. The van der Waals surface area contributed by atoms with E-state index in [4.69, 9.17) is 9.72 Å². The summed E-state index contributed by atoms with van der Waals surface area (Å²) in [6, 6.07) is 8.51. The average Bonchev–Trinajstić information content (AvgIpc) is 2.91. The van der Waals surface area contributed by atoms with Crippen molar-refractivity contribution in [2.45, 2.75) is 90.9 Å². The number of unbranched alkanes of at least 4 members (excludes halogenated alkanes) is 4. The summed E-state index contributed by atoms with van der Waals surface area (Å²) in [4.78, 5) is 26.3. The first-order chi connectivity index (χ1) is 19.5. The second kappa shape index (κ2) is 15.0. The maximum absolute atomic E-state index is 12.4. The van der Waals surface area contributed by atoms with Gasteiger partial charge in [-0.3, -0.25) is 9.78 Å². The van der Waals surface area contributed by atoms with E-state index in [1.807, 2.05) is 12.3 Å².